The lowest BCUT2D eigenvalue weighted by Gasteiger charge is -2.22. The largest absolute Gasteiger partial charge is 0.467 e. The third-order valence-electron chi connectivity index (χ3n) is 4.06. The fourth-order valence-electron chi connectivity index (χ4n) is 2.61. The van der Waals surface area contributed by atoms with Crippen molar-refractivity contribution in [2.24, 2.45) is 0 Å². The first-order valence-corrected chi connectivity index (χ1v) is 11.0. The number of anilines is 1. The molecular weight excluding hydrogens is 392 g/mol. The van der Waals surface area contributed by atoms with Gasteiger partial charge in [0.05, 0.1) is 18.6 Å². The van der Waals surface area contributed by atoms with Gasteiger partial charge in [-0.1, -0.05) is 59.9 Å². The first kappa shape index (κ1) is 20.4. The number of carbonyl (C=O) groups excluding carboxylic acids is 1. The number of nitrogens with one attached hydrogen (secondary N) is 1. The van der Waals surface area contributed by atoms with Crippen LogP contribution >= 0.6 is 23.1 Å². The zero-order valence-electron chi connectivity index (χ0n) is 16.1. The molecule has 0 radical (unpaired) electrons. The quantitative estimate of drug-likeness (QED) is 0.488. The maximum Gasteiger partial charge on any atom is 0.233 e. The molecule has 2 aromatic heterocycles. The van der Waals surface area contributed by atoms with E-state index in [9.17, 15) is 4.79 Å². The van der Waals surface area contributed by atoms with Crippen LogP contribution < -0.4 is 5.32 Å². The number of thioether (sulfide) groups is 1. The molecule has 0 bridgehead atoms. The predicted octanol–water partition coefficient (Wildman–Crippen LogP) is 4.58. The van der Waals surface area contributed by atoms with Gasteiger partial charge in [0.2, 0.25) is 11.0 Å². The Bertz CT molecular complexity index is 863. The highest BCUT2D eigenvalue weighted by molar-refractivity contribution is 8.01. The molecule has 1 amide bonds. The molecule has 8 heteroatoms. The number of hydrogen-bond acceptors (Lipinski definition) is 7. The van der Waals surface area contributed by atoms with Crippen LogP contribution in [0.4, 0.5) is 5.13 Å². The van der Waals surface area contributed by atoms with Gasteiger partial charge in [-0.15, -0.1) is 10.2 Å². The van der Waals surface area contributed by atoms with Crippen molar-refractivity contribution >= 4 is 34.1 Å². The monoisotopic (exact) mass is 416 g/mol. The number of carbonyl (C=O) groups is 1. The number of rotatable bonds is 10. The average Bonchev–Trinajstić information content (AvgIpc) is 3.37. The molecular formula is C20H24N4O2S2. The molecule has 0 aliphatic carbocycles. The summed E-state index contributed by atoms with van der Waals surface area (Å²) in [6.07, 6.45) is 2.57. The van der Waals surface area contributed by atoms with Gasteiger partial charge in [0.1, 0.15) is 5.76 Å². The van der Waals surface area contributed by atoms with Crippen LogP contribution in [0.15, 0.2) is 51.4 Å². The summed E-state index contributed by atoms with van der Waals surface area (Å²) < 4.78 is 6.06. The second-order valence-corrected chi connectivity index (χ2v) is 8.60. The maximum absolute atomic E-state index is 12.7. The van der Waals surface area contributed by atoms with Gasteiger partial charge in [0.15, 0.2) is 4.34 Å². The number of aromatic nitrogens is 2. The summed E-state index contributed by atoms with van der Waals surface area (Å²) in [5.41, 5.74) is 2.37. The van der Waals surface area contributed by atoms with Crippen LogP contribution in [-0.2, 0) is 17.9 Å². The van der Waals surface area contributed by atoms with Crippen molar-refractivity contribution in [2.45, 2.75) is 37.7 Å². The number of furan rings is 1. The van der Waals surface area contributed by atoms with Crippen molar-refractivity contribution in [3.8, 4) is 0 Å². The topological polar surface area (TPSA) is 71.3 Å². The summed E-state index contributed by atoms with van der Waals surface area (Å²) in [7, 11) is 0. The Hall–Kier alpha value is -2.32. The Kier molecular flexibility index (Phi) is 7.50. The summed E-state index contributed by atoms with van der Waals surface area (Å²) in [6.45, 7) is 6.10. The van der Waals surface area contributed by atoms with E-state index in [0.717, 1.165) is 33.8 Å². The molecule has 3 aromatic rings. The third kappa shape index (κ3) is 6.10. The molecule has 3 rings (SSSR count). The van der Waals surface area contributed by atoms with Gasteiger partial charge in [-0.05, 0) is 31.0 Å². The van der Waals surface area contributed by atoms with Gasteiger partial charge in [-0.2, -0.15) is 0 Å². The Balaban J connectivity index is 1.50. The first-order chi connectivity index (χ1) is 13.6. The van der Waals surface area contributed by atoms with E-state index in [2.05, 4.69) is 53.6 Å². The molecule has 6 nitrogen and oxygen atoms in total. The lowest BCUT2D eigenvalue weighted by atomic mass is 10.1. The van der Waals surface area contributed by atoms with Crippen LogP contribution in [0.5, 0.6) is 0 Å². The van der Waals surface area contributed by atoms with Crippen molar-refractivity contribution in [3.05, 3.63) is 59.5 Å². The SMILES string of the molecule is CCCN(Cc1ccc(C)cc1)C(=O)CSc1nnc(NCc2ccco2)s1. The van der Waals surface area contributed by atoms with Gasteiger partial charge in [0, 0.05) is 13.1 Å². The summed E-state index contributed by atoms with van der Waals surface area (Å²) in [5.74, 6) is 1.32. The zero-order chi connectivity index (χ0) is 19.8. The molecule has 148 valence electrons. The summed E-state index contributed by atoms with van der Waals surface area (Å²) >= 11 is 2.87. The molecule has 0 saturated heterocycles. The highest BCUT2D eigenvalue weighted by atomic mass is 32.2. The van der Waals surface area contributed by atoms with Crippen molar-refractivity contribution in [1.29, 1.82) is 0 Å². The molecule has 28 heavy (non-hydrogen) atoms. The van der Waals surface area contributed by atoms with Crippen molar-refractivity contribution in [1.82, 2.24) is 15.1 Å². The van der Waals surface area contributed by atoms with Gasteiger partial charge >= 0.3 is 0 Å². The normalized spacial score (nSPS) is 10.8. The number of aryl methyl sites for hydroxylation is 1. The highest BCUT2D eigenvalue weighted by Crippen LogP contribution is 2.26. The van der Waals surface area contributed by atoms with Crippen molar-refractivity contribution < 1.29 is 9.21 Å². The summed E-state index contributed by atoms with van der Waals surface area (Å²) in [4.78, 5) is 14.6. The molecule has 0 aliphatic rings. The van der Waals surface area contributed by atoms with Gasteiger partial charge < -0.3 is 14.6 Å². The average molecular weight is 417 g/mol. The van der Waals surface area contributed by atoms with Gasteiger partial charge in [0.25, 0.3) is 0 Å². The lowest BCUT2D eigenvalue weighted by Crippen LogP contribution is -2.32. The van der Waals surface area contributed by atoms with E-state index in [4.69, 9.17) is 4.42 Å². The Morgan fingerprint density at radius 2 is 2.07 bits per heavy atom. The van der Waals surface area contributed by atoms with Crippen molar-refractivity contribution in [3.63, 3.8) is 0 Å². The summed E-state index contributed by atoms with van der Waals surface area (Å²) in [5, 5.41) is 12.2. The summed E-state index contributed by atoms with van der Waals surface area (Å²) in [6, 6.07) is 12.1. The van der Waals surface area contributed by atoms with Crippen LogP contribution in [0.3, 0.4) is 0 Å². The number of hydrogen-bond donors (Lipinski definition) is 1. The standard InChI is InChI=1S/C20H24N4O2S2/c1-3-10-24(13-16-8-6-15(2)7-9-16)18(25)14-27-20-23-22-19(28-20)21-12-17-5-4-11-26-17/h4-9,11H,3,10,12-14H2,1-2H3,(H,21,22). The van der Waals surface area contributed by atoms with E-state index in [0.29, 0.717) is 18.8 Å². The molecule has 0 saturated carbocycles. The van der Waals surface area contributed by atoms with E-state index in [1.807, 2.05) is 17.0 Å². The smallest absolute Gasteiger partial charge is 0.233 e. The second kappa shape index (κ2) is 10.3. The van der Waals surface area contributed by atoms with Crippen LogP contribution in [0.25, 0.3) is 0 Å². The van der Waals surface area contributed by atoms with Crippen LogP contribution in [0.2, 0.25) is 0 Å². The minimum atomic E-state index is 0.118. The van der Waals surface area contributed by atoms with E-state index in [-0.39, 0.29) is 5.91 Å². The number of nitrogens with zero attached hydrogens (tertiary/aromatic N) is 3. The van der Waals surface area contributed by atoms with Crippen LogP contribution in [-0.4, -0.2) is 33.3 Å². The third-order valence-corrected chi connectivity index (χ3v) is 6.06. The first-order valence-electron chi connectivity index (χ1n) is 9.20. The van der Waals surface area contributed by atoms with Gasteiger partial charge in [-0.25, -0.2) is 0 Å². The Morgan fingerprint density at radius 3 is 2.79 bits per heavy atom. The van der Waals surface area contributed by atoms with Gasteiger partial charge in [-0.3, -0.25) is 4.79 Å². The number of benzene rings is 1. The molecule has 2 heterocycles. The van der Waals surface area contributed by atoms with Crippen LogP contribution in [0, 0.1) is 6.92 Å². The highest BCUT2D eigenvalue weighted by Gasteiger charge is 2.15. The molecule has 1 aromatic carbocycles. The zero-order valence-corrected chi connectivity index (χ0v) is 17.7. The maximum atomic E-state index is 12.7. The minimum absolute atomic E-state index is 0.118. The lowest BCUT2D eigenvalue weighted by molar-refractivity contribution is -0.129. The molecule has 0 spiro atoms. The van der Waals surface area contributed by atoms with Crippen molar-refractivity contribution in [2.75, 3.05) is 17.6 Å². The molecule has 0 fully saturated rings. The molecule has 0 aliphatic heterocycles. The Morgan fingerprint density at radius 1 is 1.25 bits per heavy atom. The molecule has 0 atom stereocenters. The van der Waals surface area contributed by atoms with E-state index in [1.165, 1.54) is 28.7 Å². The van der Waals surface area contributed by atoms with Crippen LogP contribution in [0.1, 0.15) is 30.2 Å². The van der Waals surface area contributed by atoms with E-state index < -0.39 is 0 Å². The number of amides is 1. The predicted molar refractivity (Wildman–Crippen MR) is 114 cm³/mol. The second-order valence-electron chi connectivity index (χ2n) is 6.40. The fourth-order valence-corrected chi connectivity index (χ4v) is 4.26. The molecule has 0 unspecified atom stereocenters. The molecule has 1 N–H and O–H groups in total. The minimum Gasteiger partial charge on any atom is -0.467 e. The fraction of sp³-hybridized carbons (Fsp3) is 0.350. The van der Waals surface area contributed by atoms with E-state index >= 15 is 0 Å². The Labute approximate surface area is 173 Å². The van der Waals surface area contributed by atoms with E-state index in [1.54, 1.807) is 6.26 Å².